The lowest BCUT2D eigenvalue weighted by Gasteiger charge is -2.26. The van der Waals surface area contributed by atoms with Crippen LogP contribution in [0.25, 0.3) is 10.2 Å². The maximum atomic E-state index is 12.3. The number of thiophene rings is 1. The number of methoxy groups -OCH3 is 1. The summed E-state index contributed by atoms with van der Waals surface area (Å²) in [5.41, 5.74) is 1.85. The van der Waals surface area contributed by atoms with Gasteiger partial charge in [0.2, 0.25) is 0 Å². The molecule has 0 saturated carbocycles. The molecule has 0 spiro atoms. The van der Waals surface area contributed by atoms with Gasteiger partial charge in [0.05, 0.1) is 23.0 Å². The van der Waals surface area contributed by atoms with Crippen LogP contribution in [0, 0.1) is 0 Å². The van der Waals surface area contributed by atoms with E-state index in [9.17, 15) is 4.79 Å². The maximum absolute atomic E-state index is 12.3. The number of hydrogen-bond donors (Lipinski definition) is 1. The molecule has 0 fully saturated rings. The summed E-state index contributed by atoms with van der Waals surface area (Å²) >= 11 is 4.82. The minimum Gasteiger partial charge on any atom is -0.497 e. The molecule has 132 valence electrons. The van der Waals surface area contributed by atoms with E-state index in [0.29, 0.717) is 23.1 Å². The van der Waals surface area contributed by atoms with Gasteiger partial charge >= 0.3 is 0 Å². The Hall–Kier alpha value is -1.70. The van der Waals surface area contributed by atoms with Crippen LogP contribution in [-0.4, -0.2) is 28.0 Å². The standard InChI is InChI=1S/C18H20BrN3O2S/c1-11(2)22(9-12-4-6-13(24-3)7-5-12)10-16-20-14-8-15(19)25-17(14)18(23)21-16/h4-8,11H,9-10H2,1-3H3,(H,20,21,23). The molecule has 0 aliphatic rings. The Bertz CT molecular complexity index is 918. The summed E-state index contributed by atoms with van der Waals surface area (Å²) < 4.78 is 6.78. The third kappa shape index (κ3) is 4.29. The predicted octanol–water partition coefficient (Wildman–Crippen LogP) is 4.17. The lowest BCUT2D eigenvalue weighted by Crippen LogP contribution is -2.31. The van der Waals surface area contributed by atoms with Crippen molar-refractivity contribution >= 4 is 37.5 Å². The van der Waals surface area contributed by atoms with Gasteiger partial charge in [-0.05, 0) is 53.5 Å². The van der Waals surface area contributed by atoms with Crippen LogP contribution in [0.4, 0.5) is 0 Å². The molecule has 2 heterocycles. The van der Waals surface area contributed by atoms with E-state index in [1.165, 1.54) is 16.9 Å². The highest BCUT2D eigenvalue weighted by Crippen LogP contribution is 2.26. The van der Waals surface area contributed by atoms with Gasteiger partial charge in [-0.3, -0.25) is 9.69 Å². The average Bonchev–Trinajstić information content (AvgIpc) is 2.96. The molecule has 2 aromatic heterocycles. The molecule has 3 aromatic rings. The zero-order valence-corrected chi connectivity index (χ0v) is 16.8. The number of aromatic nitrogens is 2. The lowest BCUT2D eigenvalue weighted by atomic mass is 10.2. The van der Waals surface area contributed by atoms with Crippen molar-refractivity contribution in [1.29, 1.82) is 0 Å². The summed E-state index contributed by atoms with van der Waals surface area (Å²) in [6.07, 6.45) is 0. The molecule has 0 unspecified atom stereocenters. The first kappa shape index (κ1) is 18.1. The van der Waals surface area contributed by atoms with Crippen molar-refractivity contribution in [2.75, 3.05) is 7.11 Å². The van der Waals surface area contributed by atoms with E-state index < -0.39 is 0 Å². The summed E-state index contributed by atoms with van der Waals surface area (Å²) in [7, 11) is 1.66. The number of fused-ring (bicyclic) bond motifs is 1. The van der Waals surface area contributed by atoms with Gasteiger partial charge < -0.3 is 9.72 Å². The average molecular weight is 422 g/mol. The van der Waals surface area contributed by atoms with E-state index in [-0.39, 0.29) is 5.56 Å². The topological polar surface area (TPSA) is 58.2 Å². The van der Waals surface area contributed by atoms with Gasteiger partial charge in [-0.25, -0.2) is 4.98 Å². The molecule has 0 bridgehead atoms. The second kappa shape index (κ2) is 7.68. The molecule has 0 radical (unpaired) electrons. The van der Waals surface area contributed by atoms with Crippen LogP contribution in [0.15, 0.2) is 38.9 Å². The van der Waals surface area contributed by atoms with Crippen LogP contribution in [0.2, 0.25) is 0 Å². The van der Waals surface area contributed by atoms with Crippen molar-refractivity contribution in [3.8, 4) is 5.75 Å². The Kier molecular flexibility index (Phi) is 5.56. The van der Waals surface area contributed by atoms with Gasteiger partial charge in [0.25, 0.3) is 5.56 Å². The Morgan fingerprint density at radius 3 is 2.64 bits per heavy atom. The normalized spacial score (nSPS) is 11.6. The number of nitrogens with zero attached hydrogens (tertiary/aromatic N) is 2. The highest BCUT2D eigenvalue weighted by Gasteiger charge is 2.14. The van der Waals surface area contributed by atoms with Gasteiger partial charge in [-0.1, -0.05) is 12.1 Å². The van der Waals surface area contributed by atoms with Gasteiger partial charge in [0.15, 0.2) is 0 Å². The predicted molar refractivity (Wildman–Crippen MR) is 105 cm³/mol. The monoisotopic (exact) mass is 421 g/mol. The van der Waals surface area contributed by atoms with Crippen LogP contribution < -0.4 is 10.3 Å². The number of ether oxygens (including phenoxy) is 1. The highest BCUT2D eigenvalue weighted by atomic mass is 79.9. The van der Waals surface area contributed by atoms with Crippen molar-refractivity contribution in [3.05, 3.63) is 55.9 Å². The minimum atomic E-state index is -0.0798. The molecule has 0 aliphatic heterocycles. The number of hydrogen-bond acceptors (Lipinski definition) is 5. The Morgan fingerprint density at radius 2 is 2.00 bits per heavy atom. The van der Waals surface area contributed by atoms with E-state index in [2.05, 4.69) is 56.8 Å². The summed E-state index contributed by atoms with van der Waals surface area (Å²) in [4.78, 5) is 22.1. The molecular formula is C18H20BrN3O2S. The molecular weight excluding hydrogens is 402 g/mol. The molecule has 0 saturated heterocycles. The van der Waals surface area contributed by atoms with Crippen molar-refractivity contribution < 1.29 is 4.74 Å². The second-order valence-electron chi connectivity index (χ2n) is 6.12. The lowest BCUT2D eigenvalue weighted by molar-refractivity contribution is 0.198. The molecule has 0 amide bonds. The number of aromatic amines is 1. The van der Waals surface area contributed by atoms with Crippen molar-refractivity contribution in [1.82, 2.24) is 14.9 Å². The number of benzene rings is 1. The van der Waals surface area contributed by atoms with Gasteiger partial charge in [-0.2, -0.15) is 0 Å². The number of H-pyrrole nitrogens is 1. The largest absolute Gasteiger partial charge is 0.497 e. The Labute approximate surface area is 158 Å². The van der Waals surface area contributed by atoms with Crippen molar-refractivity contribution in [3.63, 3.8) is 0 Å². The zero-order valence-electron chi connectivity index (χ0n) is 14.4. The van der Waals surface area contributed by atoms with Crippen LogP contribution in [0.3, 0.4) is 0 Å². The number of rotatable bonds is 6. The molecule has 3 rings (SSSR count). The third-order valence-electron chi connectivity index (χ3n) is 4.03. The highest BCUT2D eigenvalue weighted by molar-refractivity contribution is 9.11. The second-order valence-corrected chi connectivity index (χ2v) is 8.56. The molecule has 0 atom stereocenters. The smallest absolute Gasteiger partial charge is 0.268 e. The summed E-state index contributed by atoms with van der Waals surface area (Å²) in [6, 6.07) is 10.2. The first-order valence-electron chi connectivity index (χ1n) is 8.01. The molecule has 0 aliphatic carbocycles. The molecule has 1 aromatic carbocycles. The summed E-state index contributed by atoms with van der Waals surface area (Å²) in [6.45, 7) is 5.64. The minimum absolute atomic E-state index is 0.0798. The van der Waals surface area contributed by atoms with Gasteiger partial charge in [0.1, 0.15) is 16.3 Å². The zero-order chi connectivity index (χ0) is 18.0. The third-order valence-corrected chi connectivity index (χ3v) is 5.66. The van der Waals surface area contributed by atoms with E-state index in [1.54, 1.807) is 7.11 Å². The molecule has 7 heteroatoms. The SMILES string of the molecule is COc1ccc(CN(Cc2nc3cc(Br)sc3c(=O)[nH]2)C(C)C)cc1. The summed E-state index contributed by atoms with van der Waals surface area (Å²) in [5.74, 6) is 1.53. The number of halogens is 1. The first-order valence-corrected chi connectivity index (χ1v) is 9.62. The fourth-order valence-electron chi connectivity index (χ4n) is 2.61. The fourth-order valence-corrected chi connectivity index (χ4v) is 4.03. The van der Waals surface area contributed by atoms with Crippen LogP contribution >= 0.6 is 27.3 Å². The first-order chi connectivity index (χ1) is 12.0. The fraction of sp³-hybridized carbons (Fsp3) is 0.333. The van der Waals surface area contributed by atoms with Gasteiger partial charge in [-0.15, -0.1) is 11.3 Å². The van der Waals surface area contributed by atoms with E-state index >= 15 is 0 Å². The van der Waals surface area contributed by atoms with Gasteiger partial charge in [0, 0.05) is 12.6 Å². The van der Waals surface area contributed by atoms with E-state index in [1.807, 2.05) is 18.2 Å². The van der Waals surface area contributed by atoms with Crippen molar-refractivity contribution in [2.45, 2.75) is 33.0 Å². The van der Waals surface area contributed by atoms with E-state index in [4.69, 9.17) is 4.74 Å². The Balaban J connectivity index is 1.82. The molecule has 25 heavy (non-hydrogen) atoms. The summed E-state index contributed by atoms with van der Waals surface area (Å²) in [5, 5.41) is 0. The molecule has 1 N–H and O–H groups in total. The number of nitrogens with one attached hydrogen (secondary N) is 1. The maximum Gasteiger partial charge on any atom is 0.268 e. The quantitative estimate of drug-likeness (QED) is 0.648. The van der Waals surface area contributed by atoms with Crippen LogP contribution in [0.5, 0.6) is 5.75 Å². The van der Waals surface area contributed by atoms with E-state index in [0.717, 1.165) is 21.6 Å². The molecule has 5 nitrogen and oxygen atoms in total. The van der Waals surface area contributed by atoms with Crippen LogP contribution in [0.1, 0.15) is 25.2 Å². The Morgan fingerprint density at radius 1 is 1.28 bits per heavy atom. The van der Waals surface area contributed by atoms with Crippen molar-refractivity contribution in [2.24, 2.45) is 0 Å². The van der Waals surface area contributed by atoms with Crippen LogP contribution in [-0.2, 0) is 13.1 Å².